The van der Waals surface area contributed by atoms with E-state index in [2.05, 4.69) is 0 Å². The van der Waals surface area contributed by atoms with Crippen LogP contribution in [0.2, 0.25) is 0 Å². The molecular weight excluding hydrogens is 164 g/mol. The summed E-state index contributed by atoms with van der Waals surface area (Å²) in [6.07, 6.45) is 0. The van der Waals surface area contributed by atoms with E-state index in [4.69, 9.17) is 11.0 Å². The molecular formula is C10H10N2O. The Balaban J connectivity index is 3.01. The molecule has 3 heteroatoms. The molecule has 1 aromatic carbocycles. The van der Waals surface area contributed by atoms with Gasteiger partial charge < -0.3 is 5.73 Å². The van der Waals surface area contributed by atoms with Crippen LogP contribution in [0.5, 0.6) is 0 Å². The number of hydrogen-bond donors (Lipinski definition) is 1. The highest BCUT2D eigenvalue weighted by atomic mass is 16.1. The summed E-state index contributed by atoms with van der Waals surface area (Å²) in [5.41, 5.74) is 4.52. The van der Waals surface area contributed by atoms with Gasteiger partial charge in [0.2, 0.25) is 0 Å². The van der Waals surface area contributed by atoms with Crippen LogP contribution in [-0.2, 0) is 0 Å². The van der Waals surface area contributed by atoms with Crippen LogP contribution in [0, 0.1) is 11.3 Å². The van der Waals surface area contributed by atoms with Gasteiger partial charge in [0.05, 0.1) is 6.07 Å². The molecule has 1 unspecified atom stereocenters. The number of nitriles is 1. The number of ketones is 1. The van der Waals surface area contributed by atoms with Crippen molar-refractivity contribution in [2.45, 2.75) is 12.5 Å². The maximum Gasteiger partial charge on any atom is 0.196 e. The lowest BCUT2D eigenvalue weighted by Crippen LogP contribution is -2.43. The van der Waals surface area contributed by atoms with Gasteiger partial charge in [-0.1, -0.05) is 30.3 Å². The first-order chi connectivity index (χ1) is 6.08. The first kappa shape index (κ1) is 9.43. The second kappa shape index (κ2) is 3.38. The number of carbonyl (C=O) groups is 1. The van der Waals surface area contributed by atoms with E-state index in [1.165, 1.54) is 6.92 Å². The number of rotatable bonds is 2. The number of carbonyl (C=O) groups excluding carboxylic acids is 1. The summed E-state index contributed by atoms with van der Waals surface area (Å²) in [7, 11) is 0. The minimum Gasteiger partial charge on any atom is -0.307 e. The largest absolute Gasteiger partial charge is 0.307 e. The molecule has 0 bridgehead atoms. The number of nitrogens with two attached hydrogens (primary N) is 1. The third kappa shape index (κ3) is 1.92. The highest BCUT2D eigenvalue weighted by Crippen LogP contribution is 2.09. The maximum absolute atomic E-state index is 11.5. The Morgan fingerprint density at radius 2 is 2.00 bits per heavy atom. The molecule has 1 rings (SSSR count). The van der Waals surface area contributed by atoms with Gasteiger partial charge in [0, 0.05) is 5.56 Å². The highest BCUT2D eigenvalue weighted by Gasteiger charge is 2.28. The number of nitrogens with zero attached hydrogens (tertiary/aromatic N) is 1. The third-order valence-corrected chi connectivity index (χ3v) is 1.74. The smallest absolute Gasteiger partial charge is 0.196 e. The predicted molar refractivity (Wildman–Crippen MR) is 49.0 cm³/mol. The Morgan fingerprint density at radius 3 is 2.46 bits per heavy atom. The lowest BCUT2D eigenvalue weighted by molar-refractivity contribution is 0.0935. The molecule has 0 amide bonds. The number of Topliss-reactive ketones (excluding diaryl/α,β-unsaturated/α-hetero) is 1. The van der Waals surface area contributed by atoms with Crippen molar-refractivity contribution in [1.29, 1.82) is 5.26 Å². The monoisotopic (exact) mass is 174 g/mol. The standard InChI is InChI=1S/C10H10N2O/c1-10(12,7-11)9(13)8-5-3-2-4-6-8/h2-6H,12H2,1H3. The second-order valence-electron chi connectivity index (χ2n) is 3.01. The van der Waals surface area contributed by atoms with Crippen LogP contribution in [0.4, 0.5) is 0 Å². The average Bonchev–Trinajstić information content (AvgIpc) is 2.18. The van der Waals surface area contributed by atoms with Gasteiger partial charge >= 0.3 is 0 Å². The van der Waals surface area contributed by atoms with Gasteiger partial charge in [0.15, 0.2) is 11.3 Å². The summed E-state index contributed by atoms with van der Waals surface area (Å²) in [6.45, 7) is 1.41. The first-order valence-electron chi connectivity index (χ1n) is 3.88. The van der Waals surface area contributed by atoms with E-state index in [0.717, 1.165) is 0 Å². The summed E-state index contributed by atoms with van der Waals surface area (Å²) in [5, 5.41) is 8.63. The Bertz CT molecular complexity index is 349. The molecule has 0 saturated heterocycles. The van der Waals surface area contributed by atoms with Crippen molar-refractivity contribution in [3.05, 3.63) is 35.9 Å². The Morgan fingerprint density at radius 1 is 1.46 bits per heavy atom. The number of benzene rings is 1. The van der Waals surface area contributed by atoms with Gasteiger partial charge in [0.1, 0.15) is 0 Å². The molecule has 0 spiro atoms. The van der Waals surface area contributed by atoms with E-state index in [-0.39, 0.29) is 5.78 Å². The molecule has 0 aliphatic rings. The van der Waals surface area contributed by atoms with Gasteiger partial charge in [0.25, 0.3) is 0 Å². The van der Waals surface area contributed by atoms with Crippen molar-refractivity contribution in [3.63, 3.8) is 0 Å². The van der Waals surface area contributed by atoms with Crippen molar-refractivity contribution < 1.29 is 4.79 Å². The van der Waals surface area contributed by atoms with Crippen molar-refractivity contribution in [2.75, 3.05) is 0 Å². The van der Waals surface area contributed by atoms with Crippen LogP contribution >= 0.6 is 0 Å². The summed E-state index contributed by atoms with van der Waals surface area (Å²) in [4.78, 5) is 11.5. The quantitative estimate of drug-likeness (QED) is 0.683. The molecule has 1 aromatic rings. The van der Waals surface area contributed by atoms with E-state index in [0.29, 0.717) is 5.56 Å². The van der Waals surface area contributed by atoms with Crippen LogP contribution in [0.1, 0.15) is 17.3 Å². The number of hydrogen-bond acceptors (Lipinski definition) is 3. The lowest BCUT2D eigenvalue weighted by Gasteiger charge is -2.12. The third-order valence-electron chi connectivity index (χ3n) is 1.74. The lowest BCUT2D eigenvalue weighted by atomic mass is 9.94. The van der Waals surface area contributed by atoms with E-state index >= 15 is 0 Å². The normalized spacial score (nSPS) is 14.2. The van der Waals surface area contributed by atoms with E-state index in [1.807, 2.05) is 0 Å². The SMILES string of the molecule is CC(N)(C#N)C(=O)c1ccccc1. The Kier molecular flexibility index (Phi) is 2.45. The van der Waals surface area contributed by atoms with Gasteiger partial charge in [-0.25, -0.2) is 0 Å². The molecule has 0 heterocycles. The summed E-state index contributed by atoms with van der Waals surface area (Å²) in [6, 6.07) is 10.3. The van der Waals surface area contributed by atoms with E-state index in [9.17, 15) is 4.79 Å². The van der Waals surface area contributed by atoms with Gasteiger partial charge in [-0.05, 0) is 6.92 Å². The fraction of sp³-hybridized carbons (Fsp3) is 0.200. The molecule has 0 aliphatic carbocycles. The molecule has 66 valence electrons. The minimum atomic E-state index is -1.43. The fourth-order valence-corrected chi connectivity index (χ4v) is 0.940. The average molecular weight is 174 g/mol. The first-order valence-corrected chi connectivity index (χ1v) is 3.88. The van der Waals surface area contributed by atoms with Gasteiger partial charge in [-0.3, -0.25) is 4.79 Å². The summed E-state index contributed by atoms with van der Waals surface area (Å²) < 4.78 is 0. The molecule has 3 nitrogen and oxygen atoms in total. The zero-order valence-electron chi connectivity index (χ0n) is 7.32. The highest BCUT2D eigenvalue weighted by molar-refractivity contribution is 6.04. The zero-order chi connectivity index (χ0) is 9.90. The van der Waals surface area contributed by atoms with Crippen molar-refractivity contribution in [2.24, 2.45) is 5.73 Å². The second-order valence-corrected chi connectivity index (χ2v) is 3.01. The maximum atomic E-state index is 11.5. The Hall–Kier alpha value is -1.66. The molecule has 0 aromatic heterocycles. The van der Waals surface area contributed by atoms with Crippen LogP contribution in [0.3, 0.4) is 0 Å². The zero-order valence-corrected chi connectivity index (χ0v) is 7.32. The molecule has 2 N–H and O–H groups in total. The predicted octanol–water partition coefficient (Wildman–Crippen LogP) is 1.11. The summed E-state index contributed by atoms with van der Waals surface area (Å²) in [5.74, 6) is -0.351. The topological polar surface area (TPSA) is 66.9 Å². The van der Waals surface area contributed by atoms with E-state index < -0.39 is 5.54 Å². The molecule has 0 radical (unpaired) electrons. The molecule has 0 saturated carbocycles. The molecule has 13 heavy (non-hydrogen) atoms. The van der Waals surface area contributed by atoms with Crippen molar-refractivity contribution >= 4 is 5.78 Å². The fourth-order valence-electron chi connectivity index (χ4n) is 0.940. The van der Waals surface area contributed by atoms with Crippen molar-refractivity contribution in [1.82, 2.24) is 0 Å². The van der Waals surface area contributed by atoms with E-state index in [1.54, 1.807) is 36.4 Å². The minimum absolute atomic E-state index is 0.351. The van der Waals surface area contributed by atoms with Crippen LogP contribution < -0.4 is 5.73 Å². The van der Waals surface area contributed by atoms with Gasteiger partial charge in [-0.15, -0.1) is 0 Å². The van der Waals surface area contributed by atoms with Crippen LogP contribution in [-0.4, -0.2) is 11.3 Å². The summed E-state index contributed by atoms with van der Waals surface area (Å²) >= 11 is 0. The molecule has 0 fully saturated rings. The van der Waals surface area contributed by atoms with Gasteiger partial charge in [-0.2, -0.15) is 5.26 Å². The molecule has 0 aliphatic heterocycles. The van der Waals surface area contributed by atoms with Crippen molar-refractivity contribution in [3.8, 4) is 6.07 Å². The van der Waals surface area contributed by atoms with Crippen LogP contribution in [0.25, 0.3) is 0 Å². The van der Waals surface area contributed by atoms with Crippen LogP contribution in [0.15, 0.2) is 30.3 Å². The molecule has 1 atom stereocenters. The Labute approximate surface area is 76.8 Å².